The van der Waals surface area contributed by atoms with E-state index >= 15 is 4.39 Å². The maximum atomic E-state index is 15.8. The Kier molecular flexibility index (Phi) is 9.77. The first-order valence-electron chi connectivity index (χ1n) is 16.1. The zero-order valence-corrected chi connectivity index (χ0v) is 26.7. The fourth-order valence-electron chi connectivity index (χ4n) is 7.01. The molecule has 1 saturated carbocycles. The average molecular weight is 655 g/mol. The molecule has 6 rings (SSSR count). The monoisotopic (exact) mass is 654 g/mol. The SMILES string of the molecule is Cn1cc(C(=O)Nc2cc(F)c(CC(=O)C(OC3CCC(C(=O)O)CC3)(N3CCCC3)N3CCCCO3)cc2Cl)c2ccccc21. The van der Waals surface area contributed by atoms with Crippen molar-refractivity contribution < 1.29 is 33.5 Å². The van der Waals surface area contributed by atoms with Crippen molar-refractivity contribution in [3.05, 3.63) is 64.6 Å². The predicted molar refractivity (Wildman–Crippen MR) is 171 cm³/mol. The molecule has 1 unspecified atom stereocenters. The number of nitrogens with one attached hydrogen (secondary N) is 1. The summed E-state index contributed by atoms with van der Waals surface area (Å²) in [6.07, 6.45) is 6.37. The van der Waals surface area contributed by atoms with Gasteiger partial charge in [0.1, 0.15) is 5.82 Å². The first-order valence-corrected chi connectivity index (χ1v) is 16.5. The molecule has 2 aliphatic heterocycles. The van der Waals surface area contributed by atoms with E-state index in [9.17, 15) is 19.5 Å². The van der Waals surface area contributed by atoms with E-state index in [2.05, 4.69) is 5.32 Å². The molecule has 3 aromatic rings. The maximum Gasteiger partial charge on any atom is 0.306 e. The van der Waals surface area contributed by atoms with Crippen LogP contribution < -0.4 is 5.32 Å². The third kappa shape index (κ3) is 6.44. The molecule has 2 aromatic carbocycles. The fraction of sp³-hybridized carbons (Fsp3) is 0.500. The van der Waals surface area contributed by atoms with E-state index in [0.717, 1.165) is 42.7 Å². The van der Waals surface area contributed by atoms with Crippen LogP contribution >= 0.6 is 11.6 Å². The van der Waals surface area contributed by atoms with Gasteiger partial charge in [-0.1, -0.05) is 29.8 Å². The third-order valence-electron chi connectivity index (χ3n) is 9.47. The summed E-state index contributed by atoms with van der Waals surface area (Å²) in [4.78, 5) is 47.4. The minimum atomic E-state index is -1.59. The normalized spacial score (nSPS) is 22.5. The Balaban J connectivity index is 1.26. The number of halogens is 2. The van der Waals surface area contributed by atoms with Crippen molar-refractivity contribution in [3.8, 4) is 0 Å². The van der Waals surface area contributed by atoms with Crippen LogP contribution in [0.15, 0.2) is 42.6 Å². The summed E-state index contributed by atoms with van der Waals surface area (Å²) in [5.74, 6) is -4.31. The molecule has 246 valence electrons. The van der Waals surface area contributed by atoms with E-state index in [-0.39, 0.29) is 34.6 Å². The fourth-order valence-corrected chi connectivity index (χ4v) is 7.24. The number of aryl methyl sites for hydroxylation is 1. The maximum absolute atomic E-state index is 15.8. The Bertz CT molecular complexity index is 1610. The highest BCUT2D eigenvalue weighted by atomic mass is 35.5. The number of Topliss-reactive ketones (excluding diaryl/α,β-unsaturated/α-hetero) is 1. The van der Waals surface area contributed by atoms with E-state index in [0.29, 0.717) is 57.5 Å². The highest BCUT2D eigenvalue weighted by Crippen LogP contribution is 2.38. The molecule has 10 nitrogen and oxygen atoms in total. The highest BCUT2D eigenvalue weighted by molar-refractivity contribution is 6.34. The number of amides is 1. The zero-order chi connectivity index (χ0) is 32.4. The highest BCUT2D eigenvalue weighted by Gasteiger charge is 2.54. The number of ketones is 1. The molecule has 2 N–H and O–H groups in total. The number of carbonyl (C=O) groups is 3. The molecular weight excluding hydrogens is 615 g/mol. The first-order chi connectivity index (χ1) is 22.2. The number of carboxylic acids is 1. The largest absolute Gasteiger partial charge is 0.481 e. The number of carbonyl (C=O) groups excluding carboxylic acids is 2. The minimum absolute atomic E-state index is 0.0805. The van der Waals surface area contributed by atoms with Crippen LogP contribution in [-0.2, 0) is 32.6 Å². The van der Waals surface area contributed by atoms with Crippen molar-refractivity contribution in [1.82, 2.24) is 14.5 Å². The molecule has 1 amide bonds. The quantitative estimate of drug-likeness (QED) is 0.283. The molecule has 3 heterocycles. The van der Waals surface area contributed by atoms with Crippen molar-refractivity contribution >= 4 is 45.9 Å². The number of ether oxygens (including phenoxy) is 1. The number of rotatable bonds is 10. The lowest BCUT2D eigenvalue weighted by atomic mass is 9.87. The van der Waals surface area contributed by atoms with E-state index in [1.54, 1.807) is 11.3 Å². The van der Waals surface area contributed by atoms with Crippen LogP contribution in [-0.4, -0.2) is 75.5 Å². The number of hydrogen-bond acceptors (Lipinski definition) is 7. The summed E-state index contributed by atoms with van der Waals surface area (Å²) in [6.45, 7) is 2.12. The molecule has 12 heteroatoms. The number of carboxylic acid groups (broad SMARTS) is 1. The van der Waals surface area contributed by atoms with Crippen molar-refractivity contribution in [1.29, 1.82) is 0 Å². The molecule has 0 spiro atoms. The predicted octanol–water partition coefficient (Wildman–Crippen LogP) is 5.77. The Morgan fingerprint density at radius 2 is 1.78 bits per heavy atom. The van der Waals surface area contributed by atoms with Gasteiger partial charge in [0.05, 0.1) is 34.9 Å². The van der Waals surface area contributed by atoms with Crippen LogP contribution in [0, 0.1) is 11.7 Å². The molecule has 1 atom stereocenters. The second kappa shape index (κ2) is 13.8. The molecule has 0 bridgehead atoms. The molecule has 1 aliphatic carbocycles. The number of aromatic nitrogens is 1. The van der Waals surface area contributed by atoms with Crippen LogP contribution in [0.5, 0.6) is 0 Å². The van der Waals surface area contributed by atoms with Gasteiger partial charge in [0, 0.05) is 50.2 Å². The van der Waals surface area contributed by atoms with Crippen LogP contribution in [0.2, 0.25) is 5.02 Å². The van der Waals surface area contributed by atoms with Crippen molar-refractivity contribution in [2.45, 2.75) is 69.7 Å². The van der Waals surface area contributed by atoms with Gasteiger partial charge < -0.3 is 19.7 Å². The molecule has 3 fully saturated rings. The van der Waals surface area contributed by atoms with Crippen molar-refractivity contribution in [3.63, 3.8) is 0 Å². The standard InChI is InChI=1S/C34H40ClFN4O6/c1-38-21-26(25-8-2-3-9-30(25)38)32(42)37-29-20-28(36)23(18-27(29)35)19-31(41)34(39-14-4-5-15-39,40-16-6-7-17-45-40)46-24-12-10-22(11-13-24)33(43)44/h2-3,8-9,18,20-22,24H,4-7,10-17,19H2,1H3,(H,37,42)(H,43,44). The van der Waals surface area contributed by atoms with Gasteiger partial charge in [0.25, 0.3) is 11.8 Å². The number of fused-ring (bicyclic) bond motifs is 1. The summed E-state index contributed by atoms with van der Waals surface area (Å²) in [6, 6.07) is 10.0. The number of aliphatic carboxylic acids is 1. The summed E-state index contributed by atoms with van der Waals surface area (Å²) >= 11 is 6.60. The molecule has 1 aromatic heterocycles. The van der Waals surface area contributed by atoms with E-state index in [1.165, 1.54) is 6.07 Å². The minimum Gasteiger partial charge on any atom is -0.481 e. The third-order valence-corrected chi connectivity index (χ3v) is 9.78. The second-order valence-corrected chi connectivity index (χ2v) is 12.9. The van der Waals surface area contributed by atoms with Crippen LogP contribution in [0.4, 0.5) is 10.1 Å². The van der Waals surface area contributed by atoms with Gasteiger partial charge >= 0.3 is 5.97 Å². The number of nitrogens with zero attached hydrogens (tertiary/aromatic N) is 3. The molecular formula is C34H40ClFN4O6. The van der Waals surface area contributed by atoms with Crippen molar-refractivity contribution in [2.75, 3.05) is 31.6 Å². The summed E-state index contributed by atoms with van der Waals surface area (Å²) in [5, 5.41) is 14.7. The lowest BCUT2D eigenvalue weighted by Gasteiger charge is -2.49. The van der Waals surface area contributed by atoms with Crippen LogP contribution in [0.1, 0.15) is 67.3 Å². The smallest absolute Gasteiger partial charge is 0.306 e. The number of benzene rings is 2. The number of para-hydroxylation sites is 1. The van der Waals surface area contributed by atoms with Gasteiger partial charge in [-0.25, -0.2) is 4.39 Å². The van der Waals surface area contributed by atoms with Crippen LogP contribution in [0.3, 0.4) is 0 Å². The van der Waals surface area contributed by atoms with Gasteiger partial charge in [-0.3, -0.25) is 24.1 Å². The molecule has 2 saturated heterocycles. The van der Waals surface area contributed by atoms with Crippen LogP contribution in [0.25, 0.3) is 10.9 Å². The molecule has 46 heavy (non-hydrogen) atoms. The zero-order valence-electron chi connectivity index (χ0n) is 26.0. The Morgan fingerprint density at radius 1 is 1.07 bits per heavy atom. The molecule has 3 aliphatic rings. The summed E-state index contributed by atoms with van der Waals surface area (Å²) in [7, 11) is 1.85. The van der Waals surface area contributed by atoms with E-state index in [4.69, 9.17) is 21.2 Å². The number of anilines is 1. The second-order valence-electron chi connectivity index (χ2n) is 12.5. The molecule has 0 radical (unpaired) electrons. The van der Waals surface area contributed by atoms with Crippen molar-refractivity contribution in [2.24, 2.45) is 13.0 Å². The summed E-state index contributed by atoms with van der Waals surface area (Å²) < 4.78 is 24.4. The van der Waals surface area contributed by atoms with Gasteiger partial charge in [-0.2, -0.15) is 0 Å². The lowest BCUT2D eigenvalue weighted by molar-refractivity contribution is -0.361. The Labute approximate surface area is 272 Å². The average Bonchev–Trinajstić information content (AvgIpc) is 3.72. The number of hydrogen-bond donors (Lipinski definition) is 2. The Hall–Kier alpha value is -3.35. The summed E-state index contributed by atoms with van der Waals surface area (Å²) in [5.41, 5.74) is 1.50. The number of likely N-dealkylation sites (tertiary alicyclic amines) is 1. The van der Waals surface area contributed by atoms with E-state index < -0.39 is 29.5 Å². The Morgan fingerprint density at radius 3 is 2.48 bits per heavy atom. The lowest BCUT2D eigenvalue weighted by Crippen LogP contribution is -2.68. The van der Waals surface area contributed by atoms with Gasteiger partial charge in [-0.05, 0) is 75.1 Å². The number of hydroxylamine groups is 2. The topological polar surface area (TPSA) is 113 Å². The van der Waals surface area contributed by atoms with Gasteiger partial charge in [-0.15, -0.1) is 5.06 Å². The van der Waals surface area contributed by atoms with E-state index in [1.807, 2.05) is 40.8 Å². The van der Waals surface area contributed by atoms with Gasteiger partial charge in [0.2, 0.25) is 5.78 Å². The van der Waals surface area contributed by atoms with Gasteiger partial charge in [0.15, 0.2) is 0 Å². The first kappa shape index (κ1) is 32.6.